The van der Waals surface area contributed by atoms with Crippen LogP contribution in [0.1, 0.15) is 10.4 Å². The fraction of sp³-hybridized carbons (Fsp3) is 0.0833. The molecular weight excluding hydrogens is 266 g/mol. The second-order valence-corrected chi connectivity index (χ2v) is 4.62. The first kappa shape index (κ1) is 13.2. The molecule has 2 aromatic rings. The molecule has 7 heteroatoms. The number of rotatable bonds is 5. The number of aromatic nitrogens is 2. The van der Waals surface area contributed by atoms with Crippen molar-refractivity contribution in [3.05, 3.63) is 42.2 Å². The molecule has 0 atom stereocenters. The summed E-state index contributed by atoms with van der Waals surface area (Å²) in [5.74, 6) is -1.50. The van der Waals surface area contributed by atoms with Gasteiger partial charge in [-0.15, -0.1) is 0 Å². The van der Waals surface area contributed by atoms with Crippen molar-refractivity contribution < 1.29 is 14.7 Å². The minimum atomic E-state index is -0.912. The van der Waals surface area contributed by atoms with E-state index in [2.05, 4.69) is 4.98 Å². The molecule has 0 aliphatic carbocycles. The third-order valence-electron chi connectivity index (χ3n) is 2.34. The molecule has 1 aromatic heterocycles. The van der Waals surface area contributed by atoms with E-state index in [1.54, 1.807) is 41.2 Å². The van der Waals surface area contributed by atoms with E-state index < -0.39 is 11.9 Å². The normalized spacial score (nSPS) is 10.3. The molecule has 0 spiro atoms. The standard InChI is InChI=1S/C12H11N3O3S/c13-11(18)8-2-1-3-9(6-8)15-5-4-14-12(15)19-7-10(16)17/h1-6H,7H2,(H2,13,18)(H,16,17). The van der Waals surface area contributed by atoms with Gasteiger partial charge in [0.25, 0.3) is 0 Å². The van der Waals surface area contributed by atoms with Crippen molar-refractivity contribution in [3.63, 3.8) is 0 Å². The van der Waals surface area contributed by atoms with Gasteiger partial charge in [-0.3, -0.25) is 14.2 Å². The van der Waals surface area contributed by atoms with E-state index in [4.69, 9.17) is 10.8 Å². The maximum Gasteiger partial charge on any atom is 0.313 e. The Kier molecular flexibility index (Phi) is 3.86. The van der Waals surface area contributed by atoms with E-state index in [0.717, 1.165) is 11.8 Å². The second-order valence-electron chi connectivity index (χ2n) is 3.68. The van der Waals surface area contributed by atoms with Gasteiger partial charge in [-0.1, -0.05) is 17.8 Å². The van der Waals surface area contributed by atoms with E-state index in [1.807, 2.05) is 0 Å². The summed E-state index contributed by atoms with van der Waals surface area (Å²) in [4.78, 5) is 25.8. The molecule has 0 radical (unpaired) electrons. The predicted molar refractivity (Wildman–Crippen MR) is 70.4 cm³/mol. The molecule has 1 aromatic carbocycles. The van der Waals surface area contributed by atoms with E-state index in [0.29, 0.717) is 16.4 Å². The first-order valence-electron chi connectivity index (χ1n) is 5.36. The summed E-state index contributed by atoms with van der Waals surface area (Å²) in [5.41, 5.74) is 6.32. The Morgan fingerprint density at radius 2 is 2.21 bits per heavy atom. The summed E-state index contributed by atoms with van der Waals surface area (Å²) in [7, 11) is 0. The van der Waals surface area contributed by atoms with Crippen LogP contribution in [0, 0.1) is 0 Å². The van der Waals surface area contributed by atoms with Gasteiger partial charge in [0.15, 0.2) is 5.16 Å². The minimum Gasteiger partial charge on any atom is -0.481 e. The van der Waals surface area contributed by atoms with E-state index in [1.165, 1.54) is 0 Å². The Morgan fingerprint density at radius 1 is 1.42 bits per heavy atom. The molecule has 1 heterocycles. The van der Waals surface area contributed by atoms with Crippen LogP contribution < -0.4 is 5.73 Å². The van der Waals surface area contributed by atoms with Crippen molar-refractivity contribution >= 4 is 23.6 Å². The third kappa shape index (κ3) is 3.14. The lowest BCUT2D eigenvalue weighted by molar-refractivity contribution is -0.133. The summed E-state index contributed by atoms with van der Waals surface area (Å²) >= 11 is 1.11. The highest BCUT2D eigenvalue weighted by atomic mass is 32.2. The quantitative estimate of drug-likeness (QED) is 0.799. The van der Waals surface area contributed by atoms with Crippen LogP contribution >= 0.6 is 11.8 Å². The third-order valence-corrected chi connectivity index (χ3v) is 3.29. The number of carboxylic acids is 1. The molecule has 3 N–H and O–H groups in total. The first-order valence-corrected chi connectivity index (χ1v) is 6.34. The average molecular weight is 277 g/mol. The number of carboxylic acid groups (broad SMARTS) is 1. The smallest absolute Gasteiger partial charge is 0.313 e. The molecule has 0 bridgehead atoms. The Balaban J connectivity index is 2.31. The highest BCUT2D eigenvalue weighted by molar-refractivity contribution is 7.99. The summed E-state index contributed by atoms with van der Waals surface area (Å²) in [6.45, 7) is 0. The van der Waals surface area contributed by atoms with E-state index in [-0.39, 0.29) is 5.75 Å². The Hall–Kier alpha value is -2.28. The average Bonchev–Trinajstić information content (AvgIpc) is 2.84. The zero-order valence-corrected chi connectivity index (χ0v) is 10.6. The van der Waals surface area contributed by atoms with Crippen molar-refractivity contribution in [3.8, 4) is 5.69 Å². The zero-order valence-electron chi connectivity index (χ0n) is 9.81. The molecule has 0 saturated carbocycles. The first-order chi connectivity index (χ1) is 9.08. The second kappa shape index (κ2) is 5.57. The molecule has 6 nitrogen and oxygen atoms in total. The molecule has 1 amide bonds. The molecule has 2 rings (SSSR count). The minimum absolute atomic E-state index is 0.0769. The van der Waals surface area contributed by atoms with Gasteiger partial charge < -0.3 is 10.8 Å². The van der Waals surface area contributed by atoms with Crippen molar-refractivity contribution in [2.24, 2.45) is 5.73 Å². The monoisotopic (exact) mass is 277 g/mol. The van der Waals surface area contributed by atoms with Gasteiger partial charge in [0.05, 0.1) is 5.75 Å². The maximum absolute atomic E-state index is 11.1. The van der Waals surface area contributed by atoms with Gasteiger partial charge in [-0.25, -0.2) is 4.98 Å². The number of nitrogens with zero attached hydrogens (tertiary/aromatic N) is 2. The number of imidazole rings is 1. The van der Waals surface area contributed by atoms with Gasteiger partial charge in [-0.2, -0.15) is 0 Å². The van der Waals surface area contributed by atoms with Crippen molar-refractivity contribution in [2.45, 2.75) is 5.16 Å². The Labute approximate surface area is 113 Å². The van der Waals surface area contributed by atoms with Crippen LogP contribution in [0.3, 0.4) is 0 Å². The topological polar surface area (TPSA) is 98.2 Å². The van der Waals surface area contributed by atoms with E-state index in [9.17, 15) is 9.59 Å². The van der Waals surface area contributed by atoms with Gasteiger partial charge in [-0.05, 0) is 18.2 Å². The van der Waals surface area contributed by atoms with Gasteiger partial charge in [0, 0.05) is 23.6 Å². The number of hydrogen-bond acceptors (Lipinski definition) is 4. The van der Waals surface area contributed by atoms with Crippen molar-refractivity contribution in [1.82, 2.24) is 9.55 Å². The van der Waals surface area contributed by atoms with Crippen LogP contribution in [0.2, 0.25) is 0 Å². The number of carbonyl (C=O) groups is 2. The number of hydrogen-bond donors (Lipinski definition) is 2. The van der Waals surface area contributed by atoms with Crippen LogP contribution in [0.5, 0.6) is 0 Å². The highest BCUT2D eigenvalue weighted by Gasteiger charge is 2.09. The molecule has 98 valence electrons. The number of aliphatic carboxylic acids is 1. The number of nitrogens with two attached hydrogens (primary N) is 1. The number of primary amides is 1. The molecule has 0 saturated heterocycles. The number of carbonyl (C=O) groups excluding carboxylic acids is 1. The van der Waals surface area contributed by atoms with Gasteiger partial charge >= 0.3 is 5.97 Å². The largest absolute Gasteiger partial charge is 0.481 e. The predicted octanol–water partition coefficient (Wildman–Crippen LogP) is 1.15. The Morgan fingerprint density at radius 3 is 2.89 bits per heavy atom. The lowest BCUT2D eigenvalue weighted by atomic mass is 10.2. The van der Waals surface area contributed by atoms with E-state index >= 15 is 0 Å². The molecule has 19 heavy (non-hydrogen) atoms. The SMILES string of the molecule is NC(=O)c1cccc(-n2ccnc2SCC(=O)O)c1. The summed E-state index contributed by atoms with van der Waals surface area (Å²) < 4.78 is 1.71. The lowest BCUT2D eigenvalue weighted by Gasteiger charge is -2.07. The van der Waals surface area contributed by atoms with Crippen molar-refractivity contribution in [2.75, 3.05) is 5.75 Å². The summed E-state index contributed by atoms with van der Waals surface area (Å²) in [6, 6.07) is 6.75. The van der Waals surface area contributed by atoms with Crippen LogP contribution in [-0.4, -0.2) is 32.3 Å². The molecule has 0 fully saturated rings. The maximum atomic E-state index is 11.1. The number of amides is 1. The molecule has 0 aliphatic heterocycles. The van der Waals surface area contributed by atoms with Crippen LogP contribution in [0.25, 0.3) is 5.69 Å². The zero-order chi connectivity index (χ0) is 13.8. The fourth-order valence-electron chi connectivity index (χ4n) is 1.53. The molecule has 0 unspecified atom stereocenters. The van der Waals surface area contributed by atoms with Crippen molar-refractivity contribution in [1.29, 1.82) is 0 Å². The number of thioether (sulfide) groups is 1. The fourth-order valence-corrected chi connectivity index (χ4v) is 2.22. The van der Waals surface area contributed by atoms with Crippen LogP contribution in [-0.2, 0) is 4.79 Å². The summed E-state index contributed by atoms with van der Waals surface area (Å²) in [5, 5.41) is 9.22. The number of benzene rings is 1. The highest BCUT2D eigenvalue weighted by Crippen LogP contribution is 2.20. The molecular formula is C12H11N3O3S. The lowest BCUT2D eigenvalue weighted by Crippen LogP contribution is -2.11. The van der Waals surface area contributed by atoms with Crippen LogP contribution in [0.15, 0.2) is 41.8 Å². The molecule has 0 aliphatic rings. The van der Waals surface area contributed by atoms with Gasteiger partial charge in [0.2, 0.25) is 5.91 Å². The Bertz CT molecular complexity index is 624. The van der Waals surface area contributed by atoms with Crippen LogP contribution in [0.4, 0.5) is 0 Å². The van der Waals surface area contributed by atoms with Gasteiger partial charge in [0.1, 0.15) is 0 Å². The summed E-state index contributed by atoms with van der Waals surface area (Å²) in [6.07, 6.45) is 3.27.